The van der Waals surface area contributed by atoms with E-state index in [2.05, 4.69) is 201 Å². The SMILES string of the molecule is CC(C)(C)c1cc(-c2nc3c(-c4[c-]c(-c5cc(-c6[c-]c(-c7cccc8c7nc(-c7cc(C(C)(C)C)cc(C(C)(C)C)c7O)n8-c7ccccc7)ccc6)ncn5)ccc4)cccc3n2-c2ccccc2)c(O)c(C(C)(C)C)c1.[Pt].[Pt]. The third-order valence-electron chi connectivity index (χ3n) is 14.8. The van der Waals surface area contributed by atoms with E-state index in [0.717, 1.165) is 89.1 Å². The summed E-state index contributed by atoms with van der Waals surface area (Å²) in [5.41, 5.74) is 16.2. The van der Waals surface area contributed by atoms with Crippen molar-refractivity contribution >= 4 is 22.1 Å². The second kappa shape index (κ2) is 21.7. The summed E-state index contributed by atoms with van der Waals surface area (Å²) in [6.45, 7) is 26.1. The van der Waals surface area contributed by atoms with Gasteiger partial charge in [0.2, 0.25) is 0 Å². The third-order valence-corrected chi connectivity index (χ3v) is 14.8. The largest absolute Gasteiger partial charge is 0.507 e. The normalized spacial score (nSPS) is 12.2. The first-order valence-electron chi connectivity index (χ1n) is 26.8. The predicted octanol–water partition coefficient (Wildman–Crippen LogP) is 17.4. The zero-order valence-electron chi connectivity index (χ0n) is 47.4. The van der Waals surface area contributed by atoms with Gasteiger partial charge in [0.1, 0.15) is 23.1 Å². The molecule has 3 heterocycles. The summed E-state index contributed by atoms with van der Waals surface area (Å²) < 4.78 is 4.32. The Bertz CT molecular complexity index is 3830. The predicted molar refractivity (Wildman–Crippen MR) is 320 cm³/mol. The number of phenols is 2. The van der Waals surface area contributed by atoms with Gasteiger partial charge in [0.05, 0.1) is 39.5 Å². The van der Waals surface area contributed by atoms with Crippen molar-refractivity contribution in [1.29, 1.82) is 0 Å². The molecule has 0 saturated heterocycles. The van der Waals surface area contributed by atoms with E-state index < -0.39 is 0 Å². The summed E-state index contributed by atoms with van der Waals surface area (Å²) >= 11 is 0. The second-order valence-electron chi connectivity index (χ2n) is 24.6. The van der Waals surface area contributed by atoms with Crippen molar-refractivity contribution in [2.45, 2.75) is 105 Å². The zero-order chi connectivity index (χ0) is 55.1. The molecule has 0 radical (unpaired) electrons. The number of phenolic OH excluding ortho intramolecular Hbond substituents is 2. The van der Waals surface area contributed by atoms with Crippen molar-refractivity contribution in [2.24, 2.45) is 0 Å². The van der Waals surface area contributed by atoms with Gasteiger partial charge >= 0.3 is 0 Å². The molecule has 11 rings (SSSR count). The molecule has 10 heteroatoms. The first-order valence-corrected chi connectivity index (χ1v) is 26.8. The van der Waals surface area contributed by atoms with Gasteiger partial charge in [-0.15, -0.1) is 59.7 Å². The number of benzene rings is 8. The Balaban J connectivity index is 0.00000387. The Morgan fingerprint density at radius 1 is 0.375 bits per heavy atom. The van der Waals surface area contributed by atoms with Crippen LogP contribution in [0.5, 0.6) is 11.5 Å². The monoisotopic (exact) mass is 1410 g/mol. The molecule has 11 aromatic rings. The van der Waals surface area contributed by atoms with E-state index in [1.165, 1.54) is 0 Å². The van der Waals surface area contributed by atoms with E-state index in [1.54, 1.807) is 6.33 Å². The van der Waals surface area contributed by atoms with Crippen LogP contribution in [0.1, 0.15) is 105 Å². The van der Waals surface area contributed by atoms with Crippen LogP contribution >= 0.6 is 0 Å². The van der Waals surface area contributed by atoms with E-state index in [9.17, 15) is 10.2 Å². The maximum absolute atomic E-state index is 12.2. The molecule has 0 atom stereocenters. The van der Waals surface area contributed by atoms with Crippen LogP contribution in [-0.2, 0) is 63.8 Å². The molecule has 0 spiro atoms. The number of fused-ring (bicyclic) bond motifs is 2. The maximum Gasteiger partial charge on any atom is 0.148 e. The van der Waals surface area contributed by atoms with Crippen molar-refractivity contribution in [3.63, 3.8) is 0 Å². The zero-order valence-corrected chi connectivity index (χ0v) is 51.9. The Morgan fingerprint density at radius 3 is 1.10 bits per heavy atom. The minimum absolute atomic E-state index is 0. The second-order valence-corrected chi connectivity index (χ2v) is 24.6. The molecule has 3 aromatic heterocycles. The average Bonchev–Trinajstić information content (AvgIpc) is 4.00. The number of hydrogen-bond donors (Lipinski definition) is 2. The van der Waals surface area contributed by atoms with E-state index in [-0.39, 0.29) is 75.3 Å². The van der Waals surface area contributed by atoms with Gasteiger partial charge in [0.15, 0.2) is 0 Å². The van der Waals surface area contributed by atoms with E-state index in [1.807, 2.05) is 66.7 Å². The summed E-state index contributed by atoms with van der Waals surface area (Å²) in [5.74, 6) is 1.79. The maximum atomic E-state index is 12.2. The van der Waals surface area contributed by atoms with E-state index in [0.29, 0.717) is 34.2 Å². The summed E-state index contributed by atoms with van der Waals surface area (Å²) in [6.07, 6.45) is 1.60. The molecule has 0 amide bonds. The molecule has 0 aliphatic heterocycles. The van der Waals surface area contributed by atoms with Crippen LogP contribution in [0, 0.1) is 12.1 Å². The fourth-order valence-corrected chi connectivity index (χ4v) is 10.5. The summed E-state index contributed by atoms with van der Waals surface area (Å²) in [5, 5.41) is 24.4. The standard InChI is InChI=1S/C70H66N6O2.2Pt/c1-67(2,3)47-37-53(63(77)55(39-47)69(7,8)9)65-73-61-51(31-21-33-59(61)75(65)49-27-15-13-16-28-49)43-23-19-25-45(35-43)57-41-58(72-42-71-57)46-26-20-24-44(36-46)52-32-22-34-60-62(52)74-66(76(60)50-29-17-14-18-30-50)54-38-48(68(4,5)6)40-56(64(54)78)70(10,11)12;;/h13-34,37-42,77-78H,1-12H3;;/q-2;;. The van der Waals surface area contributed by atoms with E-state index in [4.69, 9.17) is 19.9 Å². The average molecular weight is 1410 g/mol. The fraction of sp³-hybridized carbons (Fsp3) is 0.229. The Morgan fingerprint density at radius 2 is 0.738 bits per heavy atom. The van der Waals surface area contributed by atoms with Gasteiger partial charge < -0.3 is 10.2 Å². The van der Waals surface area contributed by atoms with Crippen molar-refractivity contribution in [1.82, 2.24) is 29.1 Å². The minimum atomic E-state index is -0.317. The molecule has 0 bridgehead atoms. The first kappa shape index (κ1) is 57.4. The molecule has 0 unspecified atom stereocenters. The van der Waals surface area contributed by atoms with Crippen molar-refractivity contribution in [3.8, 4) is 90.4 Å². The Hall–Kier alpha value is -7.24. The molecule has 2 N–H and O–H groups in total. The molecule has 410 valence electrons. The number of nitrogens with zero attached hydrogens (tertiary/aromatic N) is 6. The minimum Gasteiger partial charge on any atom is -0.507 e. The van der Waals surface area contributed by atoms with Gasteiger partial charge in [-0.25, -0.2) is 9.97 Å². The number of hydrogen-bond acceptors (Lipinski definition) is 6. The summed E-state index contributed by atoms with van der Waals surface area (Å²) in [4.78, 5) is 20.5. The van der Waals surface area contributed by atoms with Crippen LogP contribution in [0.3, 0.4) is 0 Å². The van der Waals surface area contributed by atoms with Crippen LogP contribution < -0.4 is 0 Å². The van der Waals surface area contributed by atoms with Gasteiger partial charge in [-0.2, -0.15) is 0 Å². The van der Waals surface area contributed by atoms with Gasteiger partial charge in [-0.05, 0) is 81.3 Å². The van der Waals surface area contributed by atoms with Gasteiger partial charge in [-0.3, -0.25) is 19.1 Å². The number of para-hydroxylation sites is 4. The molecule has 80 heavy (non-hydrogen) atoms. The molecule has 8 nitrogen and oxygen atoms in total. The van der Waals surface area contributed by atoms with Crippen LogP contribution in [-0.4, -0.2) is 39.3 Å². The third kappa shape index (κ3) is 10.8. The number of aromatic hydroxyl groups is 2. The topological polar surface area (TPSA) is 102 Å². The quantitative estimate of drug-likeness (QED) is 0.147. The molecule has 0 aliphatic carbocycles. The van der Waals surface area contributed by atoms with Gasteiger partial charge in [-0.1, -0.05) is 184 Å². The van der Waals surface area contributed by atoms with Gasteiger partial charge in [0, 0.05) is 76.0 Å². The number of imidazole rings is 2. The number of aromatic nitrogens is 6. The van der Waals surface area contributed by atoms with Crippen molar-refractivity contribution in [2.75, 3.05) is 0 Å². The van der Waals surface area contributed by atoms with Gasteiger partial charge in [0.25, 0.3) is 0 Å². The first-order chi connectivity index (χ1) is 37.0. The molecular weight excluding hydrogens is 1350 g/mol. The molecule has 0 fully saturated rings. The van der Waals surface area contributed by atoms with Crippen LogP contribution in [0.25, 0.3) is 101 Å². The summed E-state index contributed by atoms with van der Waals surface area (Å²) in [6, 6.07) is 63.1. The molecule has 8 aromatic carbocycles. The number of rotatable bonds is 8. The van der Waals surface area contributed by atoms with E-state index >= 15 is 0 Å². The summed E-state index contributed by atoms with van der Waals surface area (Å²) in [7, 11) is 0. The van der Waals surface area contributed by atoms with Crippen LogP contribution in [0.2, 0.25) is 0 Å². The molecule has 0 aliphatic rings. The molecular formula is C70H66N6O2Pt2-2. The Kier molecular flexibility index (Phi) is 15.6. The van der Waals surface area contributed by atoms with Crippen molar-refractivity contribution < 1.29 is 52.3 Å². The Labute approximate surface area is 499 Å². The van der Waals surface area contributed by atoms with Crippen LogP contribution in [0.4, 0.5) is 0 Å². The van der Waals surface area contributed by atoms with Crippen molar-refractivity contribution in [3.05, 3.63) is 205 Å². The smallest absolute Gasteiger partial charge is 0.148 e. The van der Waals surface area contributed by atoms with Crippen LogP contribution in [0.15, 0.2) is 170 Å². The fourth-order valence-electron chi connectivity index (χ4n) is 10.5. The molecule has 0 saturated carbocycles.